The van der Waals surface area contributed by atoms with E-state index in [2.05, 4.69) is 4.99 Å². The molecule has 3 unspecified atom stereocenters. The van der Waals surface area contributed by atoms with Crippen molar-refractivity contribution >= 4 is 17.6 Å². The lowest BCUT2D eigenvalue weighted by atomic mass is 9.79. The van der Waals surface area contributed by atoms with E-state index in [0.29, 0.717) is 0 Å². The highest BCUT2D eigenvalue weighted by atomic mass is 19.4. The molecule has 5 atom stereocenters. The normalized spacial score (nSPS) is 29.3. The zero-order valence-electron chi connectivity index (χ0n) is 15.7. The Kier molecular flexibility index (Phi) is 6.86. The fourth-order valence-electron chi connectivity index (χ4n) is 2.90. The fourth-order valence-corrected chi connectivity index (χ4v) is 2.90. The monoisotopic (exact) mass is 387 g/mol. The molecule has 1 fully saturated rings. The first-order valence-corrected chi connectivity index (χ1v) is 8.76. The van der Waals surface area contributed by atoms with E-state index in [4.69, 9.17) is 14.2 Å². The number of hydrogen-bond acceptors (Lipinski definition) is 5. The highest BCUT2D eigenvalue weighted by Gasteiger charge is 2.45. The quantitative estimate of drug-likeness (QED) is 0.434. The van der Waals surface area contributed by atoms with Crippen LogP contribution in [-0.2, 0) is 19.0 Å². The molecule has 0 bridgehead atoms. The average Bonchev–Trinajstić information content (AvgIpc) is 2.60. The third-order valence-electron chi connectivity index (χ3n) is 4.89. The van der Waals surface area contributed by atoms with Crippen molar-refractivity contribution in [1.82, 2.24) is 0 Å². The number of alkyl halides is 3. The first-order valence-electron chi connectivity index (χ1n) is 8.76. The smallest absolute Gasteiger partial charge is 0.463 e. The molecule has 0 radical (unpaired) electrons. The van der Waals surface area contributed by atoms with E-state index >= 15 is 0 Å². The molecule has 0 aromatic heterocycles. The molecule has 1 aliphatic rings. The fraction of sp³-hybridized carbons (Fsp3) is 0.579. The van der Waals surface area contributed by atoms with Gasteiger partial charge in [-0.05, 0) is 24.0 Å². The van der Waals surface area contributed by atoms with Crippen LogP contribution < -0.4 is 0 Å². The van der Waals surface area contributed by atoms with Crippen molar-refractivity contribution in [2.75, 3.05) is 6.61 Å². The van der Waals surface area contributed by atoms with Crippen LogP contribution in [0.5, 0.6) is 0 Å². The van der Waals surface area contributed by atoms with Gasteiger partial charge < -0.3 is 14.2 Å². The van der Waals surface area contributed by atoms with Crippen molar-refractivity contribution < 1.29 is 32.2 Å². The molecule has 1 heterocycles. The largest absolute Gasteiger partial charge is 0.468 e. The first kappa shape index (κ1) is 21.2. The predicted octanol–water partition coefficient (Wildman–Crippen LogP) is 4.49. The van der Waals surface area contributed by atoms with Gasteiger partial charge in [0, 0.05) is 12.8 Å². The van der Waals surface area contributed by atoms with E-state index < -0.39 is 30.4 Å². The maximum atomic E-state index is 13.4. The number of nitrogens with zero attached hydrogens (tertiary/aromatic N) is 1. The zero-order chi connectivity index (χ0) is 20.2. The molecule has 5 nitrogen and oxygen atoms in total. The number of ether oxygens (including phenoxy) is 3. The van der Waals surface area contributed by atoms with Gasteiger partial charge in [0.1, 0.15) is 6.61 Å². The van der Waals surface area contributed by atoms with Crippen molar-refractivity contribution in [3.05, 3.63) is 30.3 Å². The lowest BCUT2D eigenvalue weighted by Crippen LogP contribution is -2.49. The molecule has 1 saturated heterocycles. The summed E-state index contributed by atoms with van der Waals surface area (Å²) in [5.41, 5.74) is 0.131. The van der Waals surface area contributed by atoms with Gasteiger partial charge in [0.2, 0.25) is 6.29 Å². The van der Waals surface area contributed by atoms with E-state index in [1.165, 1.54) is 19.1 Å². The summed E-state index contributed by atoms with van der Waals surface area (Å²) in [4.78, 5) is 14.7. The van der Waals surface area contributed by atoms with Gasteiger partial charge >= 0.3 is 12.1 Å². The SMILES string of the molecule is CC(=O)OCC1OC(OC(=Nc2ccccc2)C(F)(F)F)C(C)[C@@H](C)[C@@H]1C. The maximum absolute atomic E-state index is 13.4. The predicted molar refractivity (Wildman–Crippen MR) is 93.5 cm³/mol. The van der Waals surface area contributed by atoms with Gasteiger partial charge in [-0.2, -0.15) is 13.2 Å². The van der Waals surface area contributed by atoms with Gasteiger partial charge in [0.05, 0.1) is 11.8 Å². The van der Waals surface area contributed by atoms with E-state index in [1.807, 2.05) is 13.8 Å². The summed E-state index contributed by atoms with van der Waals surface area (Å²) >= 11 is 0. The lowest BCUT2D eigenvalue weighted by molar-refractivity contribution is -0.236. The molecule has 0 N–H and O–H groups in total. The third kappa shape index (κ3) is 5.69. The molecule has 27 heavy (non-hydrogen) atoms. The van der Waals surface area contributed by atoms with Crippen LogP contribution >= 0.6 is 0 Å². The Balaban J connectivity index is 2.22. The summed E-state index contributed by atoms with van der Waals surface area (Å²) < 4.78 is 56.2. The van der Waals surface area contributed by atoms with Crippen molar-refractivity contribution in [2.24, 2.45) is 22.7 Å². The van der Waals surface area contributed by atoms with Crippen molar-refractivity contribution in [2.45, 2.75) is 46.3 Å². The van der Waals surface area contributed by atoms with E-state index in [-0.39, 0.29) is 30.0 Å². The number of halogens is 3. The second-order valence-corrected chi connectivity index (χ2v) is 6.79. The lowest BCUT2D eigenvalue weighted by Gasteiger charge is -2.43. The molecule has 1 aliphatic heterocycles. The molecule has 0 amide bonds. The number of carbonyl (C=O) groups is 1. The Bertz CT molecular complexity index is 663. The van der Waals surface area contributed by atoms with E-state index in [1.54, 1.807) is 25.1 Å². The molecular formula is C19H24F3NO4. The minimum Gasteiger partial charge on any atom is -0.463 e. The second kappa shape index (κ2) is 8.73. The minimum absolute atomic E-state index is 0.00415. The van der Waals surface area contributed by atoms with E-state index in [9.17, 15) is 18.0 Å². The summed E-state index contributed by atoms with van der Waals surface area (Å²) in [6.45, 7) is 6.82. The average molecular weight is 387 g/mol. The molecule has 0 saturated carbocycles. The Morgan fingerprint density at radius 2 is 1.74 bits per heavy atom. The molecular weight excluding hydrogens is 363 g/mol. The Hall–Kier alpha value is -2.09. The van der Waals surface area contributed by atoms with Crippen LogP contribution in [-0.4, -0.2) is 37.0 Å². The van der Waals surface area contributed by atoms with Crippen LogP contribution in [0.2, 0.25) is 0 Å². The number of benzene rings is 1. The number of aliphatic imine (C=N–C) groups is 1. The Morgan fingerprint density at radius 3 is 2.30 bits per heavy atom. The van der Waals surface area contributed by atoms with Crippen LogP contribution in [0.3, 0.4) is 0 Å². The molecule has 8 heteroatoms. The number of rotatable bonds is 4. The van der Waals surface area contributed by atoms with Crippen LogP contribution in [0.25, 0.3) is 0 Å². The van der Waals surface area contributed by atoms with Gasteiger partial charge in [-0.25, -0.2) is 4.99 Å². The highest BCUT2D eigenvalue weighted by molar-refractivity contribution is 5.84. The summed E-state index contributed by atoms with van der Waals surface area (Å²) in [5.74, 6) is -2.17. The summed E-state index contributed by atoms with van der Waals surface area (Å²) in [5, 5.41) is 0. The standard InChI is InChI=1S/C19H24F3NO4/c1-11-12(2)16(10-25-14(4)24)26-17(13(11)3)27-18(19(20,21)22)23-15-8-6-5-7-9-15/h5-9,11-13,16-17H,10H2,1-4H3/t11-,12-,13?,16?,17?/m0/s1. The Labute approximate surface area is 156 Å². The number of hydrogen-bond donors (Lipinski definition) is 0. The van der Waals surface area contributed by atoms with Gasteiger partial charge in [0.25, 0.3) is 5.90 Å². The first-order chi connectivity index (χ1) is 12.6. The topological polar surface area (TPSA) is 57.1 Å². The van der Waals surface area contributed by atoms with Crippen LogP contribution in [0, 0.1) is 17.8 Å². The second-order valence-electron chi connectivity index (χ2n) is 6.79. The number of para-hydroxylation sites is 1. The third-order valence-corrected chi connectivity index (χ3v) is 4.89. The maximum Gasteiger partial charge on any atom is 0.468 e. The van der Waals surface area contributed by atoms with Crippen LogP contribution in [0.15, 0.2) is 35.3 Å². The highest BCUT2D eigenvalue weighted by Crippen LogP contribution is 2.37. The van der Waals surface area contributed by atoms with E-state index in [0.717, 1.165) is 0 Å². The van der Waals surface area contributed by atoms with Crippen molar-refractivity contribution in [1.29, 1.82) is 0 Å². The summed E-state index contributed by atoms with van der Waals surface area (Å²) in [7, 11) is 0. The van der Waals surface area contributed by atoms with Crippen molar-refractivity contribution in [3.63, 3.8) is 0 Å². The van der Waals surface area contributed by atoms with Gasteiger partial charge in [-0.15, -0.1) is 0 Å². The molecule has 150 valence electrons. The number of carbonyl (C=O) groups excluding carboxylic acids is 1. The van der Waals surface area contributed by atoms with Crippen molar-refractivity contribution in [3.8, 4) is 0 Å². The van der Waals surface area contributed by atoms with Crippen LogP contribution in [0.4, 0.5) is 18.9 Å². The number of esters is 1. The molecule has 1 aromatic rings. The van der Waals surface area contributed by atoms with Gasteiger partial charge in [-0.3, -0.25) is 4.79 Å². The molecule has 1 aromatic carbocycles. The van der Waals surface area contributed by atoms with Gasteiger partial charge in [-0.1, -0.05) is 39.0 Å². The summed E-state index contributed by atoms with van der Waals surface area (Å²) in [6.07, 6.45) is -6.48. The zero-order valence-corrected chi connectivity index (χ0v) is 15.7. The minimum atomic E-state index is -4.77. The molecule has 0 aliphatic carbocycles. The summed E-state index contributed by atoms with van der Waals surface area (Å²) in [6, 6.07) is 7.77. The van der Waals surface area contributed by atoms with Gasteiger partial charge in [0.15, 0.2) is 0 Å². The molecule has 0 spiro atoms. The Morgan fingerprint density at radius 1 is 1.11 bits per heavy atom. The molecule has 2 rings (SSSR count). The van der Waals surface area contributed by atoms with Crippen LogP contribution in [0.1, 0.15) is 27.7 Å².